The lowest BCUT2D eigenvalue weighted by Crippen LogP contribution is -2.05. The van der Waals surface area contributed by atoms with Crippen LogP contribution in [0.2, 0.25) is 0 Å². The van der Waals surface area contributed by atoms with Crippen molar-refractivity contribution in [3.8, 4) is 11.4 Å². The molecule has 0 amide bonds. The summed E-state index contributed by atoms with van der Waals surface area (Å²) in [5, 5.41) is 23.9. The molecule has 0 bridgehead atoms. The van der Waals surface area contributed by atoms with Gasteiger partial charge in [-0.3, -0.25) is 9.11 Å². The molecule has 0 saturated heterocycles. The fourth-order valence-corrected chi connectivity index (χ4v) is 3.35. The first kappa shape index (κ1) is 20.5. The Balaban J connectivity index is 2.02. The van der Waals surface area contributed by atoms with Crippen molar-refractivity contribution in [2.45, 2.75) is 11.5 Å². The van der Waals surface area contributed by atoms with Gasteiger partial charge in [0.15, 0.2) is 0 Å². The van der Waals surface area contributed by atoms with E-state index >= 15 is 0 Å². The normalized spacial score (nSPS) is 12.2. The Hall–Kier alpha value is -3.21. The van der Waals surface area contributed by atoms with Crippen molar-refractivity contribution in [3.05, 3.63) is 47.5 Å². The lowest BCUT2D eigenvalue weighted by molar-refractivity contribution is 0.0696. The van der Waals surface area contributed by atoms with E-state index in [1.165, 1.54) is 30.6 Å². The standard InChI is InChI=1S/C13H12N6O8S2/c20-13(21)8-1-11(18-4-9(14-16-18)6-28(22,23)24)3-12(2-8)19-5-10(15-17-19)7-29(25,26)27/h1-5H,6-7H2,(H,20,21)(H,22,23,24)(H,25,26,27). The first-order valence-electron chi connectivity index (χ1n) is 7.51. The minimum Gasteiger partial charge on any atom is -0.478 e. The van der Waals surface area contributed by atoms with Gasteiger partial charge in [-0.25, -0.2) is 14.2 Å². The summed E-state index contributed by atoms with van der Waals surface area (Å²) in [6.07, 6.45) is 2.37. The second kappa shape index (κ2) is 7.32. The molecule has 0 saturated carbocycles. The van der Waals surface area contributed by atoms with Crippen LogP contribution in [0, 0.1) is 0 Å². The Morgan fingerprint density at radius 1 is 0.828 bits per heavy atom. The van der Waals surface area contributed by atoms with Crippen LogP contribution in [0.15, 0.2) is 30.6 Å². The monoisotopic (exact) mass is 444 g/mol. The summed E-state index contributed by atoms with van der Waals surface area (Å²) in [5.74, 6) is -2.84. The Bertz CT molecular complexity index is 1200. The predicted molar refractivity (Wildman–Crippen MR) is 93.7 cm³/mol. The molecule has 0 fully saturated rings. The van der Waals surface area contributed by atoms with E-state index < -0.39 is 37.7 Å². The number of hydrogen-bond donors (Lipinski definition) is 3. The van der Waals surface area contributed by atoms with Crippen LogP contribution in [-0.4, -0.2) is 67.0 Å². The Kier molecular flexibility index (Phi) is 5.18. The van der Waals surface area contributed by atoms with Gasteiger partial charge >= 0.3 is 5.97 Å². The number of rotatable bonds is 7. The summed E-state index contributed by atoms with van der Waals surface area (Å²) in [5.41, 5.74) is -0.00487. The van der Waals surface area contributed by atoms with E-state index in [2.05, 4.69) is 20.6 Å². The van der Waals surface area contributed by atoms with Gasteiger partial charge in [0.1, 0.15) is 22.9 Å². The van der Waals surface area contributed by atoms with Crippen molar-refractivity contribution in [3.63, 3.8) is 0 Å². The number of carbonyl (C=O) groups is 1. The maximum atomic E-state index is 11.4. The van der Waals surface area contributed by atoms with Crippen LogP contribution in [0.25, 0.3) is 11.4 Å². The molecule has 3 rings (SSSR count). The van der Waals surface area contributed by atoms with E-state index in [4.69, 9.17) is 9.11 Å². The zero-order valence-corrected chi connectivity index (χ0v) is 15.8. The molecule has 14 nitrogen and oxygen atoms in total. The van der Waals surface area contributed by atoms with Gasteiger partial charge < -0.3 is 5.11 Å². The molecule has 1 aromatic carbocycles. The van der Waals surface area contributed by atoms with Crippen molar-refractivity contribution >= 4 is 26.2 Å². The molecule has 0 aliphatic heterocycles. The van der Waals surface area contributed by atoms with Crippen molar-refractivity contribution in [1.82, 2.24) is 30.0 Å². The van der Waals surface area contributed by atoms with Crippen molar-refractivity contribution in [1.29, 1.82) is 0 Å². The Morgan fingerprint density at radius 3 is 1.59 bits per heavy atom. The summed E-state index contributed by atoms with van der Waals surface area (Å²) >= 11 is 0. The number of aromatic carboxylic acids is 1. The molecule has 0 atom stereocenters. The molecule has 29 heavy (non-hydrogen) atoms. The van der Waals surface area contributed by atoms with Crippen LogP contribution in [-0.2, 0) is 31.7 Å². The van der Waals surface area contributed by atoms with Gasteiger partial charge in [-0.05, 0) is 18.2 Å². The van der Waals surface area contributed by atoms with Crippen LogP contribution in [0.5, 0.6) is 0 Å². The zero-order chi connectivity index (χ0) is 21.4. The SMILES string of the molecule is O=C(O)c1cc(-n2cc(CS(=O)(=O)O)nn2)cc(-n2cc(CS(=O)(=O)O)nn2)c1. The number of hydrogen-bond acceptors (Lipinski definition) is 9. The quantitative estimate of drug-likeness (QED) is 0.387. The molecule has 0 spiro atoms. The third-order valence-corrected chi connectivity index (χ3v) is 4.74. The van der Waals surface area contributed by atoms with E-state index in [1.54, 1.807) is 0 Å². The third kappa shape index (κ3) is 5.41. The Morgan fingerprint density at radius 2 is 1.24 bits per heavy atom. The number of aromatic nitrogens is 6. The van der Waals surface area contributed by atoms with Gasteiger partial charge in [0.2, 0.25) is 0 Å². The number of carboxylic acid groups (broad SMARTS) is 1. The first-order valence-corrected chi connectivity index (χ1v) is 10.7. The maximum Gasteiger partial charge on any atom is 0.335 e. The van der Waals surface area contributed by atoms with Crippen molar-refractivity contribution in [2.75, 3.05) is 0 Å². The second-order valence-corrected chi connectivity index (χ2v) is 8.71. The predicted octanol–water partition coefficient (Wildman–Crippen LogP) is -0.678. The topological polar surface area (TPSA) is 207 Å². The Labute approximate surface area is 162 Å². The van der Waals surface area contributed by atoms with Gasteiger partial charge in [-0.15, -0.1) is 10.2 Å². The minimum absolute atomic E-state index is 0.0778. The fraction of sp³-hybridized carbons (Fsp3) is 0.154. The molecular formula is C13H12N6O8S2. The summed E-state index contributed by atoms with van der Waals surface area (Å²) < 4.78 is 63.8. The van der Waals surface area contributed by atoms with Gasteiger partial charge in [0.25, 0.3) is 20.2 Å². The zero-order valence-electron chi connectivity index (χ0n) is 14.2. The van der Waals surface area contributed by atoms with E-state index in [0.717, 1.165) is 9.36 Å². The lowest BCUT2D eigenvalue weighted by Gasteiger charge is -2.07. The molecule has 0 unspecified atom stereocenters. The molecule has 3 N–H and O–H groups in total. The molecule has 154 valence electrons. The van der Waals surface area contributed by atoms with Crippen LogP contribution < -0.4 is 0 Å². The minimum atomic E-state index is -4.33. The first-order chi connectivity index (χ1) is 13.4. The molecule has 2 heterocycles. The average Bonchev–Trinajstić information content (AvgIpc) is 3.21. The average molecular weight is 444 g/mol. The summed E-state index contributed by atoms with van der Waals surface area (Å²) in [4.78, 5) is 11.4. The van der Waals surface area contributed by atoms with Crippen LogP contribution in [0.4, 0.5) is 0 Å². The molecule has 2 aromatic heterocycles. The van der Waals surface area contributed by atoms with Crippen LogP contribution >= 0.6 is 0 Å². The van der Waals surface area contributed by atoms with E-state index in [-0.39, 0.29) is 28.3 Å². The van der Waals surface area contributed by atoms with Crippen LogP contribution in [0.1, 0.15) is 21.7 Å². The fourth-order valence-electron chi connectivity index (χ4n) is 2.34. The van der Waals surface area contributed by atoms with Gasteiger partial charge in [-0.2, -0.15) is 16.8 Å². The molecular weight excluding hydrogens is 432 g/mol. The third-order valence-electron chi connectivity index (χ3n) is 3.42. The molecule has 3 aromatic rings. The van der Waals surface area contributed by atoms with Crippen LogP contribution in [0.3, 0.4) is 0 Å². The largest absolute Gasteiger partial charge is 0.478 e. The number of carboxylic acids is 1. The highest BCUT2D eigenvalue weighted by Crippen LogP contribution is 2.18. The molecule has 0 radical (unpaired) electrons. The number of nitrogens with zero attached hydrogens (tertiary/aromatic N) is 6. The highest BCUT2D eigenvalue weighted by molar-refractivity contribution is 7.85. The van der Waals surface area contributed by atoms with E-state index in [0.29, 0.717) is 0 Å². The molecule has 16 heteroatoms. The lowest BCUT2D eigenvalue weighted by atomic mass is 10.1. The van der Waals surface area contributed by atoms with Gasteiger partial charge in [0.05, 0.1) is 29.3 Å². The van der Waals surface area contributed by atoms with Crippen molar-refractivity contribution in [2.24, 2.45) is 0 Å². The summed E-state index contributed by atoms with van der Waals surface area (Å²) in [6, 6.07) is 3.87. The van der Waals surface area contributed by atoms with E-state index in [9.17, 15) is 26.7 Å². The van der Waals surface area contributed by atoms with Gasteiger partial charge in [-0.1, -0.05) is 10.4 Å². The smallest absolute Gasteiger partial charge is 0.335 e. The molecule has 0 aliphatic rings. The maximum absolute atomic E-state index is 11.4. The van der Waals surface area contributed by atoms with Crippen molar-refractivity contribution < 1.29 is 35.8 Å². The highest BCUT2D eigenvalue weighted by atomic mass is 32.2. The summed E-state index contributed by atoms with van der Waals surface area (Å²) in [6.45, 7) is 0. The summed E-state index contributed by atoms with van der Waals surface area (Å²) in [7, 11) is -8.67. The molecule has 0 aliphatic carbocycles. The second-order valence-electron chi connectivity index (χ2n) is 5.80. The van der Waals surface area contributed by atoms with E-state index in [1.807, 2.05) is 0 Å². The highest BCUT2D eigenvalue weighted by Gasteiger charge is 2.16. The van der Waals surface area contributed by atoms with Gasteiger partial charge in [0, 0.05) is 0 Å². The number of benzene rings is 1.